The first-order valence-corrected chi connectivity index (χ1v) is 9.61. The molecule has 1 N–H and O–H groups in total. The van der Waals surface area contributed by atoms with Crippen LogP contribution in [0.15, 0.2) is 48.5 Å². The number of hydrogen-bond acceptors (Lipinski definition) is 4. The zero-order valence-electron chi connectivity index (χ0n) is 15.2. The number of ether oxygens (including phenoxy) is 2. The first-order valence-electron chi connectivity index (χ1n) is 9.23. The normalized spacial score (nSPS) is 18.0. The fourth-order valence-electron chi connectivity index (χ4n) is 3.20. The zero-order valence-corrected chi connectivity index (χ0v) is 15.9. The van der Waals surface area contributed by atoms with Crippen molar-refractivity contribution in [2.24, 2.45) is 0 Å². The topological polar surface area (TPSA) is 41.9 Å². The van der Waals surface area contributed by atoms with Crippen LogP contribution in [0.3, 0.4) is 0 Å². The second-order valence-electron chi connectivity index (χ2n) is 6.87. The maximum Gasteiger partial charge on any atom is 0.123 e. The van der Waals surface area contributed by atoms with Gasteiger partial charge in [0.05, 0.1) is 6.10 Å². The summed E-state index contributed by atoms with van der Waals surface area (Å²) in [6.07, 6.45) is 1.62. The van der Waals surface area contributed by atoms with Gasteiger partial charge in [0.15, 0.2) is 0 Å². The molecule has 1 aliphatic rings. The summed E-state index contributed by atoms with van der Waals surface area (Å²) in [5.74, 6) is 0.420. The van der Waals surface area contributed by atoms with Crippen molar-refractivity contribution >= 4 is 11.6 Å². The Hall–Kier alpha value is -1.66. The maximum absolute atomic E-state index is 13.1. The number of aliphatic hydroxyl groups excluding tert-OH is 1. The average Bonchev–Trinajstić information content (AvgIpc) is 3.16. The van der Waals surface area contributed by atoms with Crippen molar-refractivity contribution in [3.8, 4) is 5.75 Å². The molecule has 2 atom stereocenters. The van der Waals surface area contributed by atoms with Crippen molar-refractivity contribution in [3.05, 3.63) is 64.9 Å². The summed E-state index contributed by atoms with van der Waals surface area (Å²) in [5, 5.41) is 11.1. The van der Waals surface area contributed by atoms with Gasteiger partial charge in [-0.1, -0.05) is 23.7 Å². The minimum Gasteiger partial charge on any atom is -0.491 e. The molecule has 6 heteroatoms. The van der Waals surface area contributed by atoms with Gasteiger partial charge in [0.1, 0.15) is 24.3 Å². The number of rotatable bonds is 9. The number of hydrogen-bond donors (Lipinski definition) is 1. The minimum absolute atomic E-state index is 0.176. The van der Waals surface area contributed by atoms with Crippen LogP contribution in [-0.2, 0) is 11.3 Å². The summed E-state index contributed by atoms with van der Waals surface area (Å²) < 4.78 is 24.5. The second kappa shape index (κ2) is 10.0. The van der Waals surface area contributed by atoms with Crippen LogP contribution in [0.1, 0.15) is 18.4 Å². The van der Waals surface area contributed by atoms with Crippen molar-refractivity contribution in [3.63, 3.8) is 0 Å². The Morgan fingerprint density at radius 3 is 2.59 bits per heavy atom. The highest BCUT2D eigenvalue weighted by atomic mass is 35.5. The Morgan fingerprint density at radius 1 is 1.19 bits per heavy atom. The molecule has 1 fully saturated rings. The van der Waals surface area contributed by atoms with Crippen LogP contribution in [0.2, 0.25) is 5.02 Å². The fourth-order valence-corrected chi connectivity index (χ4v) is 3.33. The molecule has 0 bridgehead atoms. The Balaban J connectivity index is 1.55. The third-order valence-electron chi connectivity index (χ3n) is 4.53. The first-order chi connectivity index (χ1) is 13.1. The number of benzene rings is 2. The largest absolute Gasteiger partial charge is 0.491 e. The summed E-state index contributed by atoms with van der Waals surface area (Å²) in [5.41, 5.74) is 1.00. The molecule has 27 heavy (non-hydrogen) atoms. The quantitative estimate of drug-likeness (QED) is 0.701. The lowest BCUT2D eigenvalue weighted by Crippen LogP contribution is -2.39. The van der Waals surface area contributed by atoms with Crippen LogP contribution >= 0.6 is 11.6 Å². The lowest BCUT2D eigenvalue weighted by molar-refractivity contribution is 0.0313. The van der Waals surface area contributed by atoms with E-state index < -0.39 is 6.10 Å². The average molecular weight is 394 g/mol. The molecule has 2 aromatic carbocycles. The van der Waals surface area contributed by atoms with E-state index in [9.17, 15) is 9.50 Å². The van der Waals surface area contributed by atoms with Gasteiger partial charge in [0.25, 0.3) is 0 Å². The molecule has 0 aromatic heterocycles. The molecule has 1 aliphatic heterocycles. The summed E-state index contributed by atoms with van der Waals surface area (Å²) in [6.45, 7) is 2.78. The first kappa shape index (κ1) is 20.1. The lowest BCUT2D eigenvalue weighted by Gasteiger charge is -2.27. The molecule has 1 heterocycles. The maximum atomic E-state index is 13.1. The van der Waals surface area contributed by atoms with Gasteiger partial charge in [-0.2, -0.15) is 0 Å². The Labute approximate surface area is 164 Å². The van der Waals surface area contributed by atoms with Gasteiger partial charge in [0, 0.05) is 31.3 Å². The molecule has 3 rings (SSSR count). The van der Waals surface area contributed by atoms with Crippen LogP contribution in [0.4, 0.5) is 4.39 Å². The van der Waals surface area contributed by atoms with E-state index in [1.165, 1.54) is 12.1 Å². The van der Waals surface area contributed by atoms with Crippen LogP contribution in [0, 0.1) is 5.82 Å². The summed E-state index contributed by atoms with van der Waals surface area (Å²) in [4.78, 5) is 2.14. The predicted octanol–water partition coefficient (Wildman–Crippen LogP) is 3.90. The molecule has 0 radical (unpaired) electrons. The standard InChI is InChI=1S/C21H25ClFNO3/c22-17-5-9-20(10-6-17)27-15-19(25)13-24(14-21-2-1-11-26-21)12-16-3-7-18(23)8-4-16/h3-10,19,21,25H,1-2,11-15H2/t19-,21-/m1/s1. The Bertz CT molecular complexity index is 690. The lowest BCUT2D eigenvalue weighted by atomic mass is 10.1. The predicted molar refractivity (Wildman–Crippen MR) is 104 cm³/mol. The summed E-state index contributed by atoms with van der Waals surface area (Å²) >= 11 is 5.86. The highest BCUT2D eigenvalue weighted by Gasteiger charge is 2.21. The smallest absolute Gasteiger partial charge is 0.123 e. The van der Waals surface area contributed by atoms with E-state index in [0.29, 0.717) is 23.9 Å². The SMILES string of the molecule is O[C@@H](COc1ccc(Cl)cc1)CN(Cc1ccc(F)cc1)C[C@H]1CCCO1. The summed E-state index contributed by atoms with van der Waals surface area (Å²) in [6, 6.07) is 13.5. The molecule has 0 amide bonds. The molecule has 0 spiro atoms. The number of nitrogens with zero attached hydrogens (tertiary/aromatic N) is 1. The summed E-state index contributed by atoms with van der Waals surface area (Å²) in [7, 11) is 0. The van der Waals surface area contributed by atoms with Crippen LogP contribution in [0.5, 0.6) is 5.75 Å². The molecule has 2 aromatic rings. The van der Waals surface area contributed by atoms with E-state index in [1.807, 2.05) is 0 Å². The third-order valence-corrected chi connectivity index (χ3v) is 4.78. The molecule has 0 unspecified atom stereocenters. The van der Waals surface area contributed by atoms with Gasteiger partial charge in [-0.05, 0) is 54.8 Å². The molecule has 1 saturated heterocycles. The highest BCUT2D eigenvalue weighted by molar-refractivity contribution is 6.30. The van der Waals surface area contributed by atoms with E-state index in [2.05, 4.69) is 4.90 Å². The fraction of sp³-hybridized carbons (Fsp3) is 0.429. The van der Waals surface area contributed by atoms with Gasteiger partial charge < -0.3 is 14.6 Å². The molecule has 0 saturated carbocycles. The zero-order chi connectivity index (χ0) is 19.1. The monoisotopic (exact) mass is 393 g/mol. The molecule has 146 valence electrons. The Morgan fingerprint density at radius 2 is 1.93 bits per heavy atom. The van der Waals surface area contributed by atoms with E-state index in [1.54, 1.807) is 36.4 Å². The van der Waals surface area contributed by atoms with Crippen LogP contribution in [-0.4, -0.2) is 48.5 Å². The van der Waals surface area contributed by atoms with Crippen LogP contribution < -0.4 is 4.74 Å². The number of halogens is 2. The molecule has 0 aliphatic carbocycles. The van der Waals surface area contributed by atoms with E-state index in [4.69, 9.17) is 21.1 Å². The van der Waals surface area contributed by atoms with Gasteiger partial charge in [-0.15, -0.1) is 0 Å². The van der Waals surface area contributed by atoms with E-state index in [0.717, 1.165) is 31.6 Å². The van der Waals surface area contributed by atoms with Crippen molar-refractivity contribution in [1.29, 1.82) is 0 Å². The highest BCUT2D eigenvalue weighted by Crippen LogP contribution is 2.17. The Kier molecular flexibility index (Phi) is 7.47. The molecular formula is C21H25ClFNO3. The molecular weight excluding hydrogens is 369 g/mol. The van der Waals surface area contributed by atoms with Gasteiger partial charge in [-0.25, -0.2) is 4.39 Å². The van der Waals surface area contributed by atoms with Gasteiger partial charge in [-0.3, -0.25) is 4.90 Å². The molecule has 4 nitrogen and oxygen atoms in total. The van der Waals surface area contributed by atoms with Crippen molar-refractivity contribution in [2.45, 2.75) is 31.6 Å². The van der Waals surface area contributed by atoms with Crippen LogP contribution in [0.25, 0.3) is 0 Å². The van der Waals surface area contributed by atoms with E-state index >= 15 is 0 Å². The van der Waals surface area contributed by atoms with Gasteiger partial charge >= 0.3 is 0 Å². The van der Waals surface area contributed by atoms with Crippen molar-refractivity contribution < 1.29 is 19.0 Å². The van der Waals surface area contributed by atoms with E-state index in [-0.39, 0.29) is 18.5 Å². The van der Waals surface area contributed by atoms with Crippen molar-refractivity contribution in [1.82, 2.24) is 4.90 Å². The van der Waals surface area contributed by atoms with Crippen molar-refractivity contribution in [2.75, 3.05) is 26.3 Å². The third kappa shape index (κ3) is 6.78. The minimum atomic E-state index is -0.650. The number of aliphatic hydroxyl groups is 1. The van der Waals surface area contributed by atoms with Gasteiger partial charge in [0.2, 0.25) is 0 Å². The second-order valence-corrected chi connectivity index (χ2v) is 7.31.